The summed E-state index contributed by atoms with van der Waals surface area (Å²) in [5.41, 5.74) is 1.75. The molecule has 1 saturated heterocycles. The van der Waals surface area contributed by atoms with Gasteiger partial charge in [-0.1, -0.05) is 23.4 Å². The molecule has 3 aromatic rings. The number of nitrogens with zero attached hydrogens (tertiary/aromatic N) is 3. The van der Waals surface area contributed by atoms with Crippen LogP contribution in [-0.2, 0) is 11.2 Å². The molecule has 0 bridgehead atoms. The number of fused-ring (bicyclic) bond motifs is 1. The van der Waals surface area contributed by atoms with E-state index in [0.717, 1.165) is 34.9 Å². The van der Waals surface area contributed by atoms with Crippen molar-refractivity contribution >= 4 is 33.2 Å². The first kappa shape index (κ1) is 21.5. The van der Waals surface area contributed by atoms with Crippen molar-refractivity contribution in [3.8, 4) is 0 Å². The third kappa shape index (κ3) is 4.47. The molecule has 8 nitrogen and oxygen atoms in total. The van der Waals surface area contributed by atoms with Gasteiger partial charge in [-0.15, -0.1) is 11.3 Å². The van der Waals surface area contributed by atoms with E-state index in [1.165, 1.54) is 11.3 Å². The highest BCUT2D eigenvalue weighted by Gasteiger charge is 2.32. The van der Waals surface area contributed by atoms with Gasteiger partial charge in [-0.2, -0.15) is 0 Å². The zero-order valence-electron chi connectivity index (χ0n) is 17.7. The predicted molar refractivity (Wildman–Crippen MR) is 117 cm³/mol. The van der Waals surface area contributed by atoms with Crippen molar-refractivity contribution in [1.29, 1.82) is 0 Å². The Morgan fingerprint density at radius 2 is 2.13 bits per heavy atom. The Bertz CT molecular complexity index is 1080. The number of rotatable bonds is 7. The number of hydrogen-bond acceptors (Lipinski definition) is 7. The first-order chi connectivity index (χ1) is 15.1. The lowest BCUT2D eigenvalue weighted by Gasteiger charge is -2.35. The average Bonchev–Trinajstić information content (AvgIpc) is 3.37. The van der Waals surface area contributed by atoms with Crippen molar-refractivity contribution in [2.24, 2.45) is 0 Å². The Balaban J connectivity index is 1.64. The van der Waals surface area contributed by atoms with Crippen molar-refractivity contribution in [2.75, 3.05) is 26.8 Å². The lowest BCUT2D eigenvalue weighted by atomic mass is 9.93. The molecule has 0 radical (unpaired) electrons. The molecule has 4 rings (SSSR count). The van der Waals surface area contributed by atoms with Crippen LogP contribution in [0.3, 0.4) is 0 Å². The van der Waals surface area contributed by atoms with Gasteiger partial charge in [-0.05, 0) is 54.8 Å². The smallest absolute Gasteiger partial charge is 0.278 e. The van der Waals surface area contributed by atoms with Gasteiger partial charge in [0.05, 0.1) is 11.5 Å². The van der Waals surface area contributed by atoms with Crippen molar-refractivity contribution < 1.29 is 19.0 Å². The SMILES string of the molecule is COCCNC(=O)c1sc2ccccc2c1C[C@@H]1CCCCN1C(=O)c1nonc1C. The number of ether oxygens (including phenoxy) is 1. The fourth-order valence-corrected chi connectivity index (χ4v) is 5.26. The second-order valence-corrected chi connectivity index (χ2v) is 8.76. The maximum Gasteiger partial charge on any atom is 0.278 e. The highest BCUT2D eigenvalue weighted by molar-refractivity contribution is 7.21. The van der Waals surface area contributed by atoms with Crippen molar-refractivity contribution in [2.45, 2.75) is 38.6 Å². The molecule has 3 heterocycles. The van der Waals surface area contributed by atoms with E-state index in [4.69, 9.17) is 9.37 Å². The number of amides is 2. The van der Waals surface area contributed by atoms with Crippen molar-refractivity contribution in [3.63, 3.8) is 0 Å². The monoisotopic (exact) mass is 442 g/mol. The predicted octanol–water partition coefficient (Wildman–Crippen LogP) is 3.21. The molecule has 0 saturated carbocycles. The molecule has 1 aliphatic heterocycles. The summed E-state index contributed by atoms with van der Waals surface area (Å²) < 4.78 is 10.9. The third-order valence-electron chi connectivity index (χ3n) is 5.68. The zero-order chi connectivity index (χ0) is 21.8. The van der Waals surface area contributed by atoms with Gasteiger partial charge in [0, 0.05) is 30.9 Å². The minimum Gasteiger partial charge on any atom is -0.383 e. The van der Waals surface area contributed by atoms with Gasteiger partial charge in [-0.25, -0.2) is 4.63 Å². The van der Waals surface area contributed by atoms with E-state index in [0.29, 0.717) is 36.7 Å². The van der Waals surface area contributed by atoms with E-state index in [1.807, 2.05) is 29.2 Å². The molecule has 31 heavy (non-hydrogen) atoms. The highest BCUT2D eigenvalue weighted by Crippen LogP contribution is 2.34. The van der Waals surface area contributed by atoms with E-state index in [9.17, 15) is 9.59 Å². The van der Waals surface area contributed by atoms with Gasteiger partial charge in [0.25, 0.3) is 11.8 Å². The number of hydrogen-bond donors (Lipinski definition) is 1. The van der Waals surface area contributed by atoms with Gasteiger partial charge < -0.3 is 15.0 Å². The molecule has 1 aliphatic rings. The average molecular weight is 443 g/mol. The van der Waals surface area contributed by atoms with Crippen LogP contribution in [0.1, 0.15) is 50.7 Å². The molecule has 2 aromatic heterocycles. The number of carbonyl (C=O) groups is 2. The van der Waals surface area contributed by atoms with E-state index in [-0.39, 0.29) is 23.6 Å². The molecule has 164 valence electrons. The van der Waals surface area contributed by atoms with Crippen LogP contribution in [0.4, 0.5) is 0 Å². The van der Waals surface area contributed by atoms with E-state index < -0.39 is 0 Å². The van der Waals surface area contributed by atoms with E-state index >= 15 is 0 Å². The van der Waals surface area contributed by atoms with Crippen LogP contribution >= 0.6 is 11.3 Å². The number of methoxy groups -OCH3 is 1. The van der Waals surface area contributed by atoms with Crippen molar-refractivity contribution in [3.05, 3.63) is 46.1 Å². The maximum absolute atomic E-state index is 13.2. The minimum absolute atomic E-state index is 0.0131. The quantitative estimate of drug-likeness (QED) is 0.565. The molecule has 0 spiro atoms. The number of likely N-dealkylation sites (tertiary alicyclic amines) is 1. The molecule has 2 amide bonds. The Morgan fingerprint density at radius 1 is 1.29 bits per heavy atom. The van der Waals surface area contributed by atoms with Crippen LogP contribution in [0.5, 0.6) is 0 Å². The summed E-state index contributed by atoms with van der Waals surface area (Å²) >= 11 is 1.49. The van der Waals surface area contributed by atoms with E-state index in [2.05, 4.69) is 15.6 Å². The number of aryl methyl sites for hydroxylation is 1. The molecular weight excluding hydrogens is 416 g/mol. The van der Waals surface area contributed by atoms with Gasteiger partial charge in [0.1, 0.15) is 5.69 Å². The number of thiophene rings is 1. The number of piperidine rings is 1. The van der Waals surface area contributed by atoms with Crippen LogP contribution in [0.2, 0.25) is 0 Å². The first-order valence-electron chi connectivity index (χ1n) is 10.5. The lowest BCUT2D eigenvalue weighted by molar-refractivity contribution is 0.0602. The zero-order valence-corrected chi connectivity index (χ0v) is 18.5. The summed E-state index contributed by atoms with van der Waals surface area (Å²) in [5, 5.41) is 11.6. The molecule has 1 atom stereocenters. The number of aromatic nitrogens is 2. The summed E-state index contributed by atoms with van der Waals surface area (Å²) in [5.74, 6) is -0.257. The summed E-state index contributed by atoms with van der Waals surface area (Å²) in [6.45, 7) is 3.29. The molecule has 0 aliphatic carbocycles. The van der Waals surface area contributed by atoms with E-state index in [1.54, 1.807) is 14.0 Å². The standard InChI is InChI=1S/C22H26N4O4S/c1-14-19(25-30-24-14)22(28)26-11-6-5-7-15(26)13-17-16-8-3-4-9-18(16)31-20(17)21(27)23-10-12-29-2/h3-4,8-9,15H,5-7,10-13H2,1-2H3,(H,23,27)/t15-/m0/s1. The topological polar surface area (TPSA) is 97.6 Å². The van der Waals surface area contributed by atoms with Crippen molar-refractivity contribution in [1.82, 2.24) is 20.5 Å². The molecule has 1 N–H and O–H groups in total. The second kappa shape index (κ2) is 9.57. The fourth-order valence-electron chi connectivity index (χ4n) is 4.11. The molecule has 9 heteroatoms. The van der Waals surface area contributed by atoms with Crippen LogP contribution in [0, 0.1) is 6.92 Å². The normalized spacial score (nSPS) is 16.6. The molecule has 1 fully saturated rings. The number of benzene rings is 1. The summed E-state index contributed by atoms with van der Waals surface area (Å²) in [6.07, 6.45) is 3.49. The fraction of sp³-hybridized carbons (Fsp3) is 0.455. The Labute approximate surface area is 184 Å². The summed E-state index contributed by atoms with van der Waals surface area (Å²) in [4.78, 5) is 28.7. The van der Waals surface area contributed by atoms with Crippen LogP contribution in [-0.4, -0.2) is 59.9 Å². The van der Waals surface area contributed by atoms with Gasteiger partial charge in [0.15, 0.2) is 5.69 Å². The maximum atomic E-state index is 13.2. The first-order valence-corrected chi connectivity index (χ1v) is 11.3. The molecular formula is C22H26N4O4S. The third-order valence-corrected chi connectivity index (χ3v) is 6.89. The summed E-state index contributed by atoms with van der Waals surface area (Å²) in [7, 11) is 1.61. The Morgan fingerprint density at radius 3 is 2.90 bits per heavy atom. The Kier molecular flexibility index (Phi) is 6.62. The Hall–Kier alpha value is -2.78. The summed E-state index contributed by atoms with van der Waals surface area (Å²) in [6, 6.07) is 8.03. The molecule has 0 unspecified atom stereocenters. The van der Waals surface area contributed by atoms with Gasteiger partial charge in [0.2, 0.25) is 0 Å². The number of carbonyl (C=O) groups excluding carboxylic acids is 2. The lowest BCUT2D eigenvalue weighted by Crippen LogP contribution is -2.45. The number of nitrogens with one attached hydrogen (secondary N) is 1. The second-order valence-electron chi connectivity index (χ2n) is 7.71. The van der Waals surface area contributed by atoms with Gasteiger partial charge in [-0.3, -0.25) is 9.59 Å². The highest BCUT2D eigenvalue weighted by atomic mass is 32.1. The van der Waals surface area contributed by atoms with Crippen LogP contribution in [0.15, 0.2) is 28.9 Å². The minimum atomic E-state index is -0.158. The van der Waals surface area contributed by atoms with Gasteiger partial charge >= 0.3 is 0 Å². The largest absolute Gasteiger partial charge is 0.383 e. The van der Waals surface area contributed by atoms with Crippen LogP contribution < -0.4 is 5.32 Å². The molecule has 1 aromatic carbocycles. The van der Waals surface area contributed by atoms with Crippen LogP contribution in [0.25, 0.3) is 10.1 Å².